The van der Waals surface area contributed by atoms with Crippen molar-refractivity contribution >= 4 is 17.7 Å². The molecular formula is C19H21N3O3. The number of amides is 3. The molecule has 2 rings (SSSR count). The van der Waals surface area contributed by atoms with E-state index < -0.39 is 11.8 Å². The predicted octanol–water partition coefficient (Wildman–Crippen LogP) is 1.37. The molecule has 0 atom stereocenters. The molecule has 6 heteroatoms. The van der Waals surface area contributed by atoms with Crippen LogP contribution >= 0.6 is 0 Å². The van der Waals surface area contributed by atoms with E-state index in [9.17, 15) is 14.4 Å². The van der Waals surface area contributed by atoms with Crippen molar-refractivity contribution in [2.24, 2.45) is 0 Å². The van der Waals surface area contributed by atoms with Crippen molar-refractivity contribution in [2.45, 2.75) is 19.8 Å². The Morgan fingerprint density at radius 3 is 2.12 bits per heavy atom. The quantitative estimate of drug-likeness (QED) is 0.695. The van der Waals surface area contributed by atoms with Gasteiger partial charge >= 0.3 is 0 Å². The molecule has 6 nitrogen and oxygen atoms in total. The van der Waals surface area contributed by atoms with Gasteiger partial charge in [0.25, 0.3) is 11.8 Å². The van der Waals surface area contributed by atoms with Crippen LogP contribution in [0.1, 0.15) is 28.4 Å². The molecular weight excluding hydrogens is 318 g/mol. The van der Waals surface area contributed by atoms with Crippen LogP contribution in [0.15, 0.2) is 54.6 Å². The SMILES string of the molecule is CCc1ccc(C(=O)NNC(=O)CNC(=O)Cc2ccccc2)cc1. The molecule has 0 heterocycles. The van der Waals surface area contributed by atoms with E-state index >= 15 is 0 Å². The number of carbonyl (C=O) groups is 3. The van der Waals surface area contributed by atoms with Crippen LogP contribution in [-0.2, 0) is 22.4 Å². The molecule has 0 unspecified atom stereocenters. The van der Waals surface area contributed by atoms with Crippen molar-refractivity contribution < 1.29 is 14.4 Å². The highest BCUT2D eigenvalue weighted by Gasteiger charge is 2.09. The third kappa shape index (κ3) is 6.10. The van der Waals surface area contributed by atoms with E-state index in [1.54, 1.807) is 12.1 Å². The Labute approximate surface area is 146 Å². The maximum absolute atomic E-state index is 11.9. The largest absolute Gasteiger partial charge is 0.347 e. The Bertz CT molecular complexity index is 727. The maximum atomic E-state index is 11.9. The number of hydrogen-bond acceptors (Lipinski definition) is 3. The van der Waals surface area contributed by atoms with Crippen LogP contribution in [0.4, 0.5) is 0 Å². The highest BCUT2D eigenvalue weighted by molar-refractivity contribution is 5.95. The van der Waals surface area contributed by atoms with Gasteiger partial charge in [0.05, 0.1) is 13.0 Å². The third-order valence-corrected chi connectivity index (χ3v) is 3.59. The second-order valence-corrected chi connectivity index (χ2v) is 5.49. The summed E-state index contributed by atoms with van der Waals surface area (Å²) >= 11 is 0. The lowest BCUT2D eigenvalue weighted by atomic mass is 10.1. The lowest BCUT2D eigenvalue weighted by Crippen LogP contribution is -2.46. The van der Waals surface area contributed by atoms with Crippen molar-refractivity contribution in [3.05, 3.63) is 71.3 Å². The summed E-state index contributed by atoms with van der Waals surface area (Å²) in [7, 11) is 0. The van der Waals surface area contributed by atoms with Crippen LogP contribution in [0.3, 0.4) is 0 Å². The minimum atomic E-state index is -0.500. The molecule has 0 aliphatic rings. The van der Waals surface area contributed by atoms with Gasteiger partial charge in [0, 0.05) is 5.56 Å². The zero-order valence-corrected chi connectivity index (χ0v) is 14.0. The van der Waals surface area contributed by atoms with Gasteiger partial charge in [-0.25, -0.2) is 0 Å². The van der Waals surface area contributed by atoms with Crippen molar-refractivity contribution in [1.82, 2.24) is 16.2 Å². The van der Waals surface area contributed by atoms with Crippen molar-refractivity contribution in [3.8, 4) is 0 Å². The van der Waals surface area contributed by atoms with Crippen LogP contribution in [0.2, 0.25) is 0 Å². The van der Waals surface area contributed by atoms with Gasteiger partial charge in [-0.05, 0) is 29.7 Å². The summed E-state index contributed by atoms with van der Waals surface area (Å²) in [6.07, 6.45) is 1.09. The highest BCUT2D eigenvalue weighted by atomic mass is 16.2. The molecule has 0 radical (unpaired) electrons. The van der Waals surface area contributed by atoms with Crippen LogP contribution in [0.5, 0.6) is 0 Å². The zero-order chi connectivity index (χ0) is 18.1. The molecule has 2 aromatic rings. The molecule has 0 saturated heterocycles. The molecule has 130 valence electrons. The number of carbonyl (C=O) groups excluding carboxylic acids is 3. The predicted molar refractivity (Wildman–Crippen MR) is 94.6 cm³/mol. The van der Waals surface area contributed by atoms with Gasteiger partial charge in [0.15, 0.2) is 0 Å². The Balaban J connectivity index is 1.71. The average Bonchev–Trinajstić information content (AvgIpc) is 2.65. The van der Waals surface area contributed by atoms with E-state index in [1.807, 2.05) is 49.4 Å². The number of rotatable bonds is 6. The standard InChI is InChI=1S/C19H21N3O3/c1-2-14-8-10-16(11-9-14)19(25)22-21-18(24)13-20-17(23)12-15-6-4-3-5-7-15/h3-11H,2,12-13H2,1H3,(H,20,23)(H,21,24)(H,22,25). The highest BCUT2D eigenvalue weighted by Crippen LogP contribution is 2.04. The first kappa shape index (κ1) is 18.2. The van der Waals surface area contributed by atoms with Gasteiger partial charge in [-0.3, -0.25) is 25.2 Å². The van der Waals surface area contributed by atoms with Crippen LogP contribution in [0, 0.1) is 0 Å². The van der Waals surface area contributed by atoms with Crippen molar-refractivity contribution in [1.29, 1.82) is 0 Å². The summed E-state index contributed by atoms with van der Waals surface area (Å²) < 4.78 is 0. The van der Waals surface area contributed by atoms with Gasteiger partial charge < -0.3 is 5.32 Å². The van der Waals surface area contributed by atoms with E-state index in [0.29, 0.717) is 5.56 Å². The van der Waals surface area contributed by atoms with Crippen molar-refractivity contribution in [3.63, 3.8) is 0 Å². The Kier molecular flexibility index (Phi) is 6.71. The molecule has 25 heavy (non-hydrogen) atoms. The van der Waals surface area contributed by atoms with Gasteiger partial charge in [0.2, 0.25) is 5.91 Å². The number of hydrogen-bond donors (Lipinski definition) is 3. The number of benzene rings is 2. The summed E-state index contributed by atoms with van der Waals surface area (Å²) in [5.74, 6) is -1.17. The molecule has 0 aliphatic carbocycles. The second-order valence-electron chi connectivity index (χ2n) is 5.49. The van der Waals surface area contributed by atoms with E-state index in [2.05, 4.69) is 16.2 Å². The lowest BCUT2D eigenvalue weighted by molar-refractivity contribution is -0.126. The first-order valence-corrected chi connectivity index (χ1v) is 8.07. The van der Waals surface area contributed by atoms with E-state index in [0.717, 1.165) is 17.5 Å². The second kappa shape index (κ2) is 9.22. The van der Waals surface area contributed by atoms with Gasteiger partial charge in [-0.15, -0.1) is 0 Å². The van der Waals surface area contributed by atoms with Crippen LogP contribution in [0.25, 0.3) is 0 Å². The fourth-order valence-electron chi connectivity index (χ4n) is 2.16. The minimum absolute atomic E-state index is 0.199. The lowest BCUT2D eigenvalue weighted by Gasteiger charge is -2.09. The van der Waals surface area contributed by atoms with E-state index in [4.69, 9.17) is 0 Å². The van der Waals surface area contributed by atoms with Crippen LogP contribution in [-0.4, -0.2) is 24.3 Å². The fraction of sp³-hybridized carbons (Fsp3) is 0.211. The minimum Gasteiger partial charge on any atom is -0.347 e. The normalized spacial score (nSPS) is 9.96. The summed E-state index contributed by atoms with van der Waals surface area (Å²) in [6, 6.07) is 16.3. The fourth-order valence-corrected chi connectivity index (χ4v) is 2.16. The summed E-state index contributed by atoms with van der Waals surface area (Å²) in [5.41, 5.74) is 7.04. The molecule has 3 amide bonds. The first-order chi connectivity index (χ1) is 12.1. The monoisotopic (exact) mass is 339 g/mol. The topological polar surface area (TPSA) is 87.3 Å². The van der Waals surface area contributed by atoms with Crippen molar-refractivity contribution in [2.75, 3.05) is 6.54 Å². The maximum Gasteiger partial charge on any atom is 0.269 e. The summed E-state index contributed by atoms with van der Waals surface area (Å²) in [5, 5.41) is 2.51. The summed E-state index contributed by atoms with van der Waals surface area (Å²) in [4.78, 5) is 35.4. The van der Waals surface area contributed by atoms with Gasteiger partial charge in [-0.1, -0.05) is 49.4 Å². The molecule has 0 bridgehead atoms. The molecule has 0 saturated carbocycles. The Hall–Kier alpha value is -3.15. The Morgan fingerprint density at radius 1 is 0.800 bits per heavy atom. The van der Waals surface area contributed by atoms with E-state index in [1.165, 1.54) is 0 Å². The average molecular weight is 339 g/mol. The molecule has 3 N–H and O–H groups in total. The molecule has 0 aliphatic heterocycles. The molecule has 2 aromatic carbocycles. The van der Waals surface area contributed by atoms with Gasteiger partial charge in [-0.2, -0.15) is 0 Å². The first-order valence-electron chi connectivity index (χ1n) is 8.07. The number of hydrazine groups is 1. The Morgan fingerprint density at radius 2 is 1.48 bits per heavy atom. The summed E-state index contributed by atoms with van der Waals surface area (Å²) in [6.45, 7) is 1.82. The third-order valence-electron chi connectivity index (χ3n) is 3.59. The molecule has 0 aromatic heterocycles. The number of nitrogens with one attached hydrogen (secondary N) is 3. The zero-order valence-electron chi connectivity index (χ0n) is 14.0. The van der Waals surface area contributed by atoms with Crippen LogP contribution < -0.4 is 16.2 Å². The smallest absolute Gasteiger partial charge is 0.269 e. The molecule has 0 spiro atoms. The van der Waals surface area contributed by atoms with Gasteiger partial charge in [0.1, 0.15) is 0 Å². The van der Waals surface area contributed by atoms with E-state index in [-0.39, 0.29) is 18.9 Å². The number of aryl methyl sites for hydroxylation is 1. The molecule has 0 fully saturated rings.